The molecular formula is C6H20N2Si2. The van der Waals surface area contributed by atoms with Gasteiger partial charge in [-0.2, -0.15) is 0 Å². The van der Waals surface area contributed by atoms with E-state index >= 15 is 0 Å². The number of nitrogens with one attached hydrogen (secondary N) is 2. The Morgan fingerprint density at radius 2 is 1.60 bits per heavy atom. The summed E-state index contributed by atoms with van der Waals surface area (Å²) in [6.45, 7) is 11.4. The molecule has 1 atom stereocenters. The largest absolute Gasteiger partial charge is 0.352 e. The van der Waals surface area contributed by atoms with Gasteiger partial charge in [0.25, 0.3) is 0 Å². The van der Waals surface area contributed by atoms with E-state index in [0.717, 1.165) is 0 Å². The van der Waals surface area contributed by atoms with E-state index in [4.69, 9.17) is 0 Å². The third kappa shape index (κ3) is 6.47. The minimum atomic E-state index is -0.756. The van der Waals surface area contributed by atoms with Crippen molar-refractivity contribution in [2.75, 3.05) is 0 Å². The zero-order chi connectivity index (χ0) is 8.15. The summed E-state index contributed by atoms with van der Waals surface area (Å²) >= 11 is 0. The van der Waals surface area contributed by atoms with Crippen molar-refractivity contribution in [1.29, 1.82) is 0 Å². The molecule has 2 nitrogen and oxygen atoms in total. The lowest BCUT2D eigenvalue weighted by atomic mass is 10.4. The Kier molecular flexibility index (Phi) is 5.24. The normalized spacial score (nSPS) is 14.7. The van der Waals surface area contributed by atoms with Crippen LogP contribution in [0.4, 0.5) is 0 Å². The van der Waals surface area contributed by atoms with Crippen molar-refractivity contribution in [2.45, 2.75) is 39.5 Å². The van der Waals surface area contributed by atoms with Gasteiger partial charge in [0.2, 0.25) is 0 Å². The van der Waals surface area contributed by atoms with Crippen LogP contribution in [0.15, 0.2) is 0 Å². The summed E-state index contributed by atoms with van der Waals surface area (Å²) in [7, 11) is -1.29. The second kappa shape index (κ2) is 5.06. The fraction of sp³-hybridized carbons (Fsp3) is 1.00. The smallest absolute Gasteiger partial charge is 0.174 e. The summed E-state index contributed by atoms with van der Waals surface area (Å²) < 4.78 is 3.64. The van der Waals surface area contributed by atoms with Gasteiger partial charge in [-0.25, -0.2) is 0 Å². The molecule has 62 valence electrons. The minimum absolute atomic E-state index is 0.538. The van der Waals surface area contributed by atoms with Crippen molar-refractivity contribution in [3.63, 3.8) is 0 Å². The van der Waals surface area contributed by atoms with Crippen LogP contribution >= 0.6 is 0 Å². The van der Waals surface area contributed by atoms with Crippen molar-refractivity contribution >= 4 is 18.1 Å². The van der Waals surface area contributed by atoms with Gasteiger partial charge in [0.15, 0.2) is 9.12 Å². The van der Waals surface area contributed by atoms with E-state index in [-0.39, 0.29) is 0 Å². The molecule has 4 heteroatoms. The predicted molar refractivity (Wildman–Crippen MR) is 53.3 cm³/mol. The van der Waals surface area contributed by atoms with Crippen LogP contribution in [0.25, 0.3) is 0 Å². The lowest BCUT2D eigenvalue weighted by Gasteiger charge is -2.18. The number of hydrogen-bond donors (Lipinski definition) is 2. The molecule has 10 heavy (non-hydrogen) atoms. The summed E-state index contributed by atoms with van der Waals surface area (Å²) in [4.78, 5) is 3.54. The van der Waals surface area contributed by atoms with Crippen LogP contribution in [-0.2, 0) is 0 Å². The Morgan fingerprint density at radius 1 is 1.10 bits per heavy atom. The monoisotopic (exact) mass is 176 g/mol. The molecule has 2 N–H and O–H groups in total. The zero-order valence-corrected chi connectivity index (χ0v) is 10.0. The van der Waals surface area contributed by atoms with Crippen molar-refractivity contribution < 1.29 is 0 Å². The van der Waals surface area contributed by atoms with Crippen LogP contribution in [0.3, 0.4) is 0 Å². The first-order chi connectivity index (χ1) is 4.52. The van der Waals surface area contributed by atoms with Crippen LogP contribution in [-0.4, -0.2) is 24.1 Å². The molecule has 0 aliphatic heterocycles. The van der Waals surface area contributed by atoms with Crippen LogP contribution in [0.2, 0.25) is 19.6 Å². The highest BCUT2D eigenvalue weighted by molar-refractivity contribution is 6.69. The molecule has 0 aromatic heterocycles. The van der Waals surface area contributed by atoms with Crippen molar-refractivity contribution in [1.82, 2.24) is 9.63 Å². The molecule has 0 fully saturated rings. The highest BCUT2D eigenvalue weighted by Gasteiger charge is 2.05. The molecule has 0 aliphatic carbocycles. The molecule has 0 aliphatic rings. The zero-order valence-electron chi connectivity index (χ0n) is 7.73. The average molecular weight is 176 g/mol. The first kappa shape index (κ1) is 10.4. The molecule has 0 aromatic rings. The quantitative estimate of drug-likeness (QED) is 0.606. The summed E-state index contributed by atoms with van der Waals surface area (Å²) in [6.07, 6.45) is 0. The van der Waals surface area contributed by atoms with Gasteiger partial charge in [-0.15, -0.1) is 0 Å². The fourth-order valence-electron chi connectivity index (χ4n) is 1.05. The molecule has 0 bridgehead atoms. The highest BCUT2D eigenvalue weighted by Crippen LogP contribution is 1.80. The van der Waals surface area contributed by atoms with E-state index in [2.05, 4.69) is 43.1 Å². The topological polar surface area (TPSA) is 24.1 Å². The van der Waals surface area contributed by atoms with Gasteiger partial charge in [0, 0.05) is 0 Å². The van der Waals surface area contributed by atoms with E-state index in [9.17, 15) is 0 Å². The standard InChI is InChI=1S/C6H20N2Si2/c1-6(2)7-10(5)8-9(3)4/h6-10H,1-5H3. The van der Waals surface area contributed by atoms with Gasteiger partial charge in [0.05, 0.1) is 8.96 Å². The third-order valence-corrected chi connectivity index (χ3v) is 7.00. The van der Waals surface area contributed by atoms with Gasteiger partial charge < -0.3 is 9.63 Å². The molecule has 0 aromatic carbocycles. The van der Waals surface area contributed by atoms with Crippen molar-refractivity contribution in [3.05, 3.63) is 0 Å². The summed E-state index contributed by atoms with van der Waals surface area (Å²) in [5, 5.41) is 0. The first-order valence-corrected chi connectivity index (χ1v) is 9.24. The van der Waals surface area contributed by atoms with E-state index in [1.54, 1.807) is 0 Å². The Morgan fingerprint density at radius 3 is 1.90 bits per heavy atom. The predicted octanol–water partition coefficient (Wildman–Crippen LogP) is 0.408. The molecule has 0 saturated carbocycles. The van der Waals surface area contributed by atoms with Crippen LogP contribution < -0.4 is 9.63 Å². The van der Waals surface area contributed by atoms with Crippen molar-refractivity contribution in [3.8, 4) is 0 Å². The van der Waals surface area contributed by atoms with Crippen LogP contribution in [0, 0.1) is 0 Å². The third-order valence-electron chi connectivity index (χ3n) is 1.17. The second-order valence-electron chi connectivity index (χ2n) is 3.36. The van der Waals surface area contributed by atoms with Crippen LogP contribution in [0.1, 0.15) is 13.8 Å². The Hall–Kier alpha value is 0.354. The maximum absolute atomic E-state index is 3.64. The summed E-state index contributed by atoms with van der Waals surface area (Å²) in [5.41, 5.74) is 0. The Balaban J connectivity index is 3.34. The maximum atomic E-state index is 3.64. The summed E-state index contributed by atoms with van der Waals surface area (Å²) in [6, 6.07) is 0.641. The van der Waals surface area contributed by atoms with Gasteiger partial charge in [-0.05, 0) is 12.6 Å². The van der Waals surface area contributed by atoms with Crippen LogP contribution in [0.5, 0.6) is 0 Å². The van der Waals surface area contributed by atoms with E-state index in [1.165, 1.54) is 0 Å². The van der Waals surface area contributed by atoms with E-state index in [0.29, 0.717) is 6.04 Å². The fourth-order valence-corrected chi connectivity index (χ4v) is 6.43. The molecule has 1 unspecified atom stereocenters. The van der Waals surface area contributed by atoms with E-state index in [1.807, 2.05) is 0 Å². The SMILES string of the molecule is CC(C)N[SiH](C)N[SiH](C)C. The minimum Gasteiger partial charge on any atom is -0.352 e. The lowest BCUT2D eigenvalue weighted by Crippen LogP contribution is -2.52. The molecule has 0 spiro atoms. The first-order valence-electron chi connectivity index (χ1n) is 4.04. The van der Waals surface area contributed by atoms with Gasteiger partial charge >= 0.3 is 0 Å². The molecule has 0 rings (SSSR count). The lowest BCUT2D eigenvalue weighted by molar-refractivity contribution is 0.739. The van der Waals surface area contributed by atoms with E-state index < -0.39 is 18.1 Å². The van der Waals surface area contributed by atoms with Crippen molar-refractivity contribution in [2.24, 2.45) is 0 Å². The molecule has 0 amide bonds. The Labute approximate surface area is 67.9 Å². The Bertz CT molecular complexity index is 75.8. The molecular weight excluding hydrogens is 156 g/mol. The number of hydrogen-bond acceptors (Lipinski definition) is 2. The highest BCUT2D eigenvalue weighted by atomic mass is 28.4. The second-order valence-corrected chi connectivity index (χ2v) is 8.78. The maximum Gasteiger partial charge on any atom is 0.174 e. The molecule has 0 radical (unpaired) electrons. The molecule has 0 saturated heterocycles. The number of rotatable bonds is 4. The van der Waals surface area contributed by atoms with Gasteiger partial charge in [-0.3, -0.25) is 0 Å². The van der Waals surface area contributed by atoms with Gasteiger partial charge in [0.1, 0.15) is 0 Å². The average Bonchev–Trinajstić information content (AvgIpc) is 1.58. The molecule has 0 heterocycles. The summed E-state index contributed by atoms with van der Waals surface area (Å²) in [5.74, 6) is 0. The van der Waals surface area contributed by atoms with Gasteiger partial charge in [-0.1, -0.05) is 26.9 Å².